The van der Waals surface area contributed by atoms with Crippen molar-refractivity contribution in [1.29, 1.82) is 0 Å². The maximum atomic E-state index is 12.4. The van der Waals surface area contributed by atoms with Gasteiger partial charge in [0.1, 0.15) is 0 Å². The first-order valence-electron chi connectivity index (χ1n) is 7.08. The topological polar surface area (TPSA) is 84.2 Å². The lowest BCUT2D eigenvalue weighted by atomic mass is 9.82. The number of nitrogens with one attached hydrogen (secondary N) is 2. The van der Waals surface area contributed by atoms with Crippen molar-refractivity contribution in [2.24, 2.45) is 5.73 Å². The molecule has 1 aliphatic rings. The average molecular weight is 310 g/mol. The molecule has 0 unspecified atom stereocenters. The summed E-state index contributed by atoms with van der Waals surface area (Å²) in [4.78, 5) is 24.1. The van der Waals surface area contributed by atoms with Crippen molar-refractivity contribution in [3.8, 4) is 0 Å². The Morgan fingerprint density at radius 2 is 1.90 bits per heavy atom. The molecule has 0 aliphatic heterocycles. The number of anilines is 1. The van der Waals surface area contributed by atoms with Gasteiger partial charge in [-0.2, -0.15) is 0 Å². The first-order valence-corrected chi connectivity index (χ1v) is 7.46. The van der Waals surface area contributed by atoms with Crippen LogP contribution in [-0.4, -0.2) is 24.4 Å². The van der Waals surface area contributed by atoms with Gasteiger partial charge in [0.15, 0.2) is 0 Å². The van der Waals surface area contributed by atoms with Gasteiger partial charge >= 0.3 is 0 Å². The molecule has 0 spiro atoms. The monoisotopic (exact) mass is 309 g/mol. The van der Waals surface area contributed by atoms with Crippen LogP contribution in [0.1, 0.15) is 42.5 Å². The number of carbonyl (C=O) groups is 2. The summed E-state index contributed by atoms with van der Waals surface area (Å²) in [7, 11) is 1.53. The van der Waals surface area contributed by atoms with E-state index < -0.39 is 5.54 Å². The first-order chi connectivity index (χ1) is 9.96. The molecule has 0 heterocycles. The van der Waals surface area contributed by atoms with Gasteiger partial charge in [-0.3, -0.25) is 9.59 Å². The van der Waals surface area contributed by atoms with E-state index in [4.69, 9.17) is 17.3 Å². The van der Waals surface area contributed by atoms with E-state index in [-0.39, 0.29) is 11.8 Å². The molecule has 1 aromatic rings. The van der Waals surface area contributed by atoms with Gasteiger partial charge in [0.25, 0.3) is 5.91 Å². The largest absolute Gasteiger partial charge is 0.355 e. The minimum absolute atomic E-state index is 0.202. The summed E-state index contributed by atoms with van der Waals surface area (Å²) in [5, 5.41) is 5.65. The predicted molar refractivity (Wildman–Crippen MR) is 83.5 cm³/mol. The van der Waals surface area contributed by atoms with Gasteiger partial charge in [-0.1, -0.05) is 30.9 Å². The van der Waals surface area contributed by atoms with Crippen molar-refractivity contribution in [3.63, 3.8) is 0 Å². The quantitative estimate of drug-likeness (QED) is 0.801. The molecule has 21 heavy (non-hydrogen) atoms. The van der Waals surface area contributed by atoms with Gasteiger partial charge in [0.05, 0.1) is 16.1 Å². The van der Waals surface area contributed by atoms with E-state index in [1.54, 1.807) is 18.2 Å². The minimum atomic E-state index is -0.814. The smallest absolute Gasteiger partial charge is 0.252 e. The van der Waals surface area contributed by atoms with Gasteiger partial charge in [0.2, 0.25) is 5.91 Å². The second kappa shape index (κ2) is 6.45. The molecule has 1 saturated carbocycles. The summed E-state index contributed by atoms with van der Waals surface area (Å²) < 4.78 is 0. The summed E-state index contributed by atoms with van der Waals surface area (Å²) in [6, 6.07) is 4.82. The van der Waals surface area contributed by atoms with Gasteiger partial charge in [-0.25, -0.2) is 0 Å². The highest BCUT2D eigenvalue weighted by Crippen LogP contribution is 2.28. The Balaban J connectivity index is 2.16. The maximum Gasteiger partial charge on any atom is 0.252 e. The summed E-state index contributed by atoms with van der Waals surface area (Å²) in [6.45, 7) is 0. The molecule has 0 saturated heterocycles. The molecular weight excluding hydrogens is 290 g/mol. The number of hydrogen-bond acceptors (Lipinski definition) is 3. The zero-order valence-corrected chi connectivity index (χ0v) is 12.8. The van der Waals surface area contributed by atoms with E-state index in [1.165, 1.54) is 7.05 Å². The van der Waals surface area contributed by atoms with E-state index in [0.717, 1.165) is 19.3 Å². The van der Waals surface area contributed by atoms with Crippen molar-refractivity contribution in [2.45, 2.75) is 37.6 Å². The van der Waals surface area contributed by atoms with Crippen LogP contribution in [0.4, 0.5) is 5.69 Å². The third-order valence-corrected chi connectivity index (χ3v) is 4.22. The molecule has 1 fully saturated rings. The number of rotatable bonds is 3. The number of amides is 2. The molecule has 4 N–H and O–H groups in total. The fourth-order valence-electron chi connectivity index (χ4n) is 2.58. The molecule has 0 atom stereocenters. The summed E-state index contributed by atoms with van der Waals surface area (Å²) in [6.07, 6.45) is 4.43. The van der Waals surface area contributed by atoms with Crippen molar-refractivity contribution in [2.75, 3.05) is 12.4 Å². The molecule has 2 rings (SSSR count). The first kappa shape index (κ1) is 15.8. The van der Waals surface area contributed by atoms with Crippen molar-refractivity contribution < 1.29 is 9.59 Å². The standard InChI is InChI=1S/C15H20ClN3O2/c1-18-13(20)11-9-10(5-6-12(11)16)19-14(21)15(17)7-3-2-4-8-15/h5-6,9H,2-4,7-8,17H2,1H3,(H,18,20)(H,19,21). The van der Waals surface area contributed by atoms with Crippen LogP contribution in [0.25, 0.3) is 0 Å². The molecule has 6 heteroatoms. The number of hydrogen-bond donors (Lipinski definition) is 3. The third kappa shape index (κ3) is 3.54. The van der Waals surface area contributed by atoms with Gasteiger partial charge < -0.3 is 16.4 Å². The zero-order chi connectivity index (χ0) is 15.5. The maximum absolute atomic E-state index is 12.4. The van der Waals surface area contributed by atoms with E-state index in [9.17, 15) is 9.59 Å². The Hall–Kier alpha value is -1.59. The average Bonchev–Trinajstić information content (AvgIpc) is 2.49. The lowest BCUT2D eigenvalue weighted by Crippen LogP contribution is -2.52. The van der Waals surface area contributed by atoms with Crippen LogP contribution in [0, 0.1) is 0 Å². The Bertz CT molecular complexity index is 554. The van der Waals surface area contributed by atoms with Crippen LogP contribution in [0.3, 0.4) is 0 Å². The molecule has 1 aromatic carbocycles. The molecule has 0 bridgehead atoms. The summed E-state index contributed by atoms with van der Waals surface area (Å²) in [5.41, 5.74) is 6.22. The molecule has 2 amide bonds. The van der Waals surface area contributed by atoms with E-state index in [2.05, 4.69) is 10.6 Å². The fourth-order valence-corrected chi connectivity index (χ4v) is 2.78. The van der Waals surface area contributed by atoms with E-state index >= 15 is 0 Å². The third-order valence-electron chi connectivity index (χ3n) is 3.89. The van der Waals surface area contributed by atoms with Crippen LogP contribution in [0.2, 0.25) is 5.02 Å². The second-order valence-corrected chi connectivity index (χ2v) is 5.85. The van der Waals surface area contributed by atoms with Crippen molar-refractivity contribution in [3.05, 3.63) is 28.8 Å². The van der Waals surface area contributed by atoms with Gasteiger partial charge in [-0.15, -0.1) is 0 Å². The molecular formula is C15H20ClN3O2. The number of benzene rings is 1. The number of carbonyl (C=O) groups excluding carboxylic acids is 2. The Morgan fingerprint density at radius 1 is 1.24 bits per heavy atom. The normalized spacial score (nSPS) is 17.1. The second-order valence-electron chi connectivity index (χ2n) is 5.44. The van der Waals surface area contributed by atoms with E-state index in [1.807, 2.05) is 0 Å². The highest BCUT2D eigenvalue weighted by molar-refractivity contribution is 6.34. The lowest BCUT2D eigenvalue weighted by Gasteiger charge is -2.31. The molecule has 114 valence electrons. The van der Waals surface area contributed by atoms with Crippen molar-refractivity contribution in [1.82, 2.24) is 5.32 Å². The number of nitrogens with two attached hydrogens (primary N) is 1. The number of halogens is 1. The van der Waals surface area contributed by atoms with Crippen molar-refractivity contribution >= 4 is 29.1 Å². The van der Waals surface area contributed by atoms with Gasteiger partial charge in [-0.05, 0) is 31.0 Å². The Morgan fingerprint density at radius 3 is 2.52 bits per heavy atom. The Kier molecular flexibility index (Phi) is 4.85. The van der Waals surface area contributed by atoms with Crippen LogP contribution >= 0.6 is 11.6 Å². The Labute approximate surface area is 129 Å². The van der Waals surface area contributed by atoms with Crippen LogP contribution < -0.4 is 16.4 Å². The summed E-state index contributed by atoms with van der Waals surface area (Å²) in [5.74, 6) is -0.497. The molecule has 5 nitrogen and oxygen atoms in total. The predicted octanol–water partition coefficient (Wildman–Crippen LogP) is 2.30. The molecule has 0 aromatic heterocycles. The lowest BCUT2D eigenvalue weighted by molar-refractivity contribution is -0.122. The van der Waals surface area contributed by atoms with Crippen LogP contribution in [0.15, 0.2) is 18.2 Å². The molecule has 1 aliphatic carbocycles. The molecule has 0 radical (unpaired) electrons. The highest BCUT2D eigenvalue weighted by atomic mass is 35.5. The van der Waals surface area contributed by atoms with E-state index in [0.29, 0.717) is 29.1 Å². The SMILES string of the molecule is CNC(=O)c1cc(NC(=O)C2(N)CCCCC2)ccc1Cl. The van der Waals surface area contributed by atoms with Crippen LogP contribution in [0.5, 0.6) is 0 Å². The van der Waals surface area contributed by atoms with Crippen LogP contribution in [-0.2, 0) is 4.79 Å². The fraction of sp³-hybridized carbons (Fsp3) is 0.467. The minimum Gasteiger partial charge on any atom is -0.355 e. The zero-order valence-electron chi connectivity index (χ0n) is 12.0. The highest BCUT2D eigenvalue weighted by Gasteiger charge is 2.35. The summed E-state index contributed by atoms with van der Waals surface area (Å²) >= 11 is 5.98. The van der Waals surface area contributed by atoms with Gasteiger partial charge in [0, 0.05) is 12.7 Å².